The number of hydrogen-bond donors (Lipinski definition) is 1. The van der Waals surface area contributed by atoms with Gasteiger partial charge in [0.05, 0.1) is 6.61 Å². The quantitative estimate of drug-likeness (QED) is 0.863. The van der Waals surface area contributed by atoms with Gasteiger partial charge in [-0.15, -0.1) is 10.2 Å². The van der Waals surface area contributed by atoms with Crippen LogP contribution in [0.1, 0.15) is 49.1 Å². The molecule has 26 heavy (non-hydrogen) atoms. The summed E-state index contributed by atoms with van der Waals surface area (Å²) in [7, 11) is 0. The number of pyridine rings is 1. The Bertz CT molecular complexity index is 763. The van der Waals surface area contributed by atoms with Crippen molar-refractivity contribution >= 4 is 22.4 Å². The first-order chi connectivity index (χ1) is 12.3. The van der Waals surface area contributed by atoms with Gasteiger partial charge in [-0.1, -0.05) is 32.1 Å². The Hall–Kier alpha value is -2.22. The van der Waals surface area contributed by atoms with Gasteiger partial charge >= 0.3 is 0 Å². The topological polar surface area (TPSA) is 94.2 Å². The molecule has 1 saturated heterocycles. The smallest absolute Gasteiger partial charge is 0.267 e. The highest BCUT2D eigenvalue weighted by Gasteiger charge is 2.25. The number of amides is 1. The zero-order valence-corrected chi connectivity index (χ0v) is 16.3. The fourth-order valence-corrected chi connectivity index (χ4v) is 3.74. The fourth-order valence-electron chi connectivity index (χ4n) is 2.79. The first kappa shape index (κ1) is 18.6. The minimum absolute atomic E-state index is 0.0381. The monoisotopic (exact) mass is 375 g/mol. The first-order valence-electron chi connectivity index (χ1n) is 8.80. The third-order valence-electron chi connectivity index (χ3n) is 4.41. The van der Waals surface area contributed by atoms with E-state index in [0.717, 1.165) is 36.1 Å². The molecule has 3 rings (SSSR count). The molecule has 2 aromatic heterocycles. The second kappa shape index (κ2) is 7.57. The number of carbonyl (C=O) groups excluding carboxylic acids is 1. The maximum Gasteiger partial charge on any atom is 0.267 e. The molecule has 0 radical (unpaired) electrons. The molecular formula is C18H25N5O2S. The van der Waals surface area contributed by atoms with Crippen LogP contribution in [0.5, 0.6) is 5.75 Å². The molecule has 0 aromatic carbocycles. The van der Waals surface area contributed by atoms with Crippen LogP contribution in [0.2, 0.25) is 0 Å². The molecule has 0 bridgehead atoms. The van der Waals surface area contributed by atoms with Crippen LogP contribution in [-0.4, -0.2) is 40.8 Å². The Morgan fingerprint density at radius 1 is 1.35 bits per heavy atom. The van der Waals surface area contributed by atoms with E-state index in [0.29, 0.717) is 18.3 Å². The van der Waals surface area contributed by atoms with Crippen molar-refractivity contribution in [1.29, 1.82) is 0 Å². The minimum atomic E-state index is -0.546. The van der Waals surface area contributed by atoms with Crippen molar-refractivity contribution in [3.8, 4) is 5.75 Å². The maximum atomic E-state index is 11.2. The van der Waals surface area contributed by atoms with Gasteiger partial charge < -0.3 is 15.4 Å². The standard InChI is InChI=1S/C18H25N5O2S/c1-18(2,3)16-21-22-17(26-16)23-8-5-12(6-9-23)11-25-13-4-7-20-14(10-13)15(19)24/h4,7,10,12H,5-6,8-9,11H2,1-3H3,(H2,19,24). The Morgan fingerprint density at radius 2 is 2.08 bits per heavy atom. The van der Waals surface area contributed by atoms with Crippen molar-refractivity contribution < 1.29 is 9.53 Å². The van der Waals surface area contributed by atoms with E-state index in [1.165, 1.54) is 0 Å². The van der Waals surface area contributed by atoms with Gasteiger partial charge in [0.25, 0.3) is 5.91 Å². The average molecular weight is 375 g/mol. The molecular weight excluding hydrogens is 350 g/mol. The lowest BCUT2D eigenvalue weighted by Crippen LogP contribution is -2.35. The van der Waals surface area contributed by atoms with Crippen molar-refractivity contribution in [3.63, 3.8) is 0 Å². The summed E-state index contributed by atoms with van der Waals surface area (Å²) in [6, 6.07) is 3.34. The molecule has 0 saturated carbocycles. The first-order valence-corrected chi connectivity index (χ1v) is 9.62. The molecule has 3 heterocycles. The second-order valence-corrected chi connectivity index (χ2v) is 8.58. The van der Waals surface area contributed by atoms with Gasteiger partial charge in [-0.05, 0) is 24.8 Å². The zero-order chi connectivity index (χ0) is 18.7. The summed E-state index contributed by atoms with van der Waals surface area (Å²) in [5.74, 6) is 0.567. The second-order valence-electron chi connectivity index (χ2n) is 7.62. The Balaban J connectivity index is 1.50. The van der Waals surface area contributed by atoms with Crippen molar-refractivity contribution in [3.05, 3.63) is 29.0 Å². The predicted molar refractivity (Wildman–Crippen MR) is 102 cm³/mol. The van der Waals surface area contributed by atoms with Crippen LogP contribution < -0.4 is 15.4 Å². The lowest BCUT2D eigenvalue weighted by Gasteiger charge is -2.31. The molecule has 1 fully saturated rings. The van der Waals surface area contributed by atoms with Gasteiger partial charge in [0.1, 0.15) is 16.5 Å². The van der Waals surface area contributed by atoms with E-state index in [9.17, 15) is 4.79 Å². The largest absolute Gasteiger partial charge is 0.493 e. The van der Waals surface area contributed by atoms with Gasteiger partial charge in [-0.2, -0.15) is 0 Å². The lowest BCUT2D eigenvalue weighted by atomic mass is 9.98. The lowest BCUT2D eigenvalue weighted by molar-refractivity contribution is 0.0995. The molecule has 1 aliphatic heterocycles. The summed E-state index contributed by atoms with van der Waals surface area (Å²) < 4.78 is 5.83. The minimum Gasteiger partial charge on any atom is -0.493 e. The normalized spacial score (nSPS) is 15.9. The summed E-state index contributed by atoms with van der Waals surface area (Å²) in [5, 5.41) is 10.8. The van der Waals surface area contributed by atoms with Gasteiger partial charge in [-0.25, -0.2) is 0 Å². The van der Waals surface area contributed by atoms with Crippen LogP contribution >= 0.6 is 11.3 Å². The molecule has 8 heteroatoms. The Kier molecular flexibility index (Phi) is 5.41. The summed E-state index contributed by atoms with van der Waals surface area (Å²) in [6.45, 7) is 9.00. The maximum absolute atomic E-state index is 11.2. The fraction of sp³-hybridized carbons (Fsp3) is 0.556. The Morgan fingerprint density at radius 3 is 2.69 bits per heavy atom. The van der Waals surface area contributed by atoms with E-state index in [-0.39, 0.29) is 11.1 Å². The third kappa shape index (κ3) is 4.49. The van der Waals surface area contributed by atoms with Crippen LogP contribution in [0, 0.1) is 5.92 Å². The molecule has 140 valence electrons. The van der Waals surface area contributed by atoms with Crippen molar-refractivity contribution in [1.82, 2.24) is 15.2 Å². The molecule has 0 aliphatic carbocycles. The summed E-state index contributed by atoms with van der Waals surface area (Å²) in [4.78, 5) is 17.4. The number of hydrogen-bond acceptors (Lipinski definition) is 7. The molecule has 0 spiro atoms. The van der Waals surface area contributed by atoms with E-state index in [1.807, 2.05) is 0 Å². The van der Waals surface area contributed by atoms with Crippen molar-refractivity contribution in [2.45, 2.75) is 39.0 Å². The number of carbonyl (C=O) groups is 1. The highest BCUT2D eigenvalue weighted by Crippen LogP contribution is 2.32. The summed E-state index contributed by atoms with van der Waals surface area (Å²) in [6.07, 6.45) is 3.62. The van der Waals surface area contributed by atoms with Crippen LogP contribution in [0.3, 0.4) is 0 Å². The van der Waals surface area contributed by atoms with Crippen LogP contribution in [0.15, 0.2) is 18.3 Å². The molecule has 0 atom stereocenters. The third-order valence-corrected chi connectivity index (χ3v) is 5.82. The van der Waals surface area contributed by atoms with Crippen molar-refractivity contribution in [2.75, 3.05) is 24.6 Å². The van der Waals surface area contributed by atoms with Crippen LogP contribution in [0.25, 0.3) is 0 Å². The van der Waals surface area contributed by atoms with E-state index in [4.69, 9.17) is 10.5 Å². The number of ether oxygens (including phenoxy) is 1. The van der Waals surface area contributed by atoms with E-state index >= 15 is 0 Å². The molecule has 2 aromatic rings. The highest BCUT2D eigenvalue weighted by molar-refractivity contribution is 7.15. The zero-order valence-electron chi connectivity index (χ0n) is 15.4. The summed E-state index contributed by atoms with van der Waals surface area (Å²) in [5.41, 5.74) is 5.51. The highest BCUT2D eigenvalue weighted by atomic mass is 32.1. The number of nitrogens with zero attached hydrogens (tertiary/aromatic N) is 4. The summed E-state index contributed by atoms with van der Waals surface area (Å²) >= 11 is 1.68. The molecule has 1 amide bonds. The number of nitrogens with two attached hydrogens (primary N) is 1. The molecule has 2 N–H and O–H groups in total. The number of anilines is 1. The number of primary amides is 1. The van der Waals surface area contributed by atoms with E-state index in [2.05, 4.69) is 40.9 Å². The van der Waals surface area contributed by atoms with Gasteiger partial charge in [0.15, 0.2) is 0 Å². The Labute approximate surface area is 157 Å². The van der Waals surface area contributed by atoms with E-state index in [1.54, 1.807) is 29.7 Å². The van der Waals surface area contributed by atoms with Crippen molar-refractivity contribution in [2.24, 2.45) is 11.7 Å². The van der Waals surface area contributed by atoms with E-state index < -0.39 is 5.91 Å². The SMILES string of the molecule is CC(C)(C)c1nnc(N2CCC(COc3ccnc(C(N)=O)c3)CC2)s1. The van der Waals surface area contributed by atoms with Gasteiger partial charge in [-0.3, -0.25) is 9.78 Å². The predicted octanol–water partition coefficient (Wildman–Crippen LogP) is 2.62. The molecule has 0 unspecified atom stereocenters. The number of piperidine rings is 1. The molecule has 7 nitrogen and oxygen atoms in total. The van der Waals surface area contributed by atoms with Crippen LogP contribution in [0.4, 0.5) is 5.13 Å². The van der Waals surface area contributed by atoms with Crippen LogP contribution in [-0.2, 0) is 5.41 Å². The van der Waals surface area contributed by atoms with Gasteiger partial charge in [0, 0.05) is 30.8 Å². The average Bonchev–Trinajstić information content (AvgIpc) is 3.11. The molecule has 1 aliphatic rings. The number of rotatable bonds is 5. The van der Waals surface area contributed by atoms with Gasteiger partial charge in [0.2, 0.25) is 5.13 Å². The number of aromatic nitrogens is 3.